The third kappa shape index (κ3) is 30.5. The van der Waals surface area contributed by atoms with Crippen LogP contribution in [0.25, 0.3) is 0 Å². The maximum Gasteiger partial charge on any atom is 0.313 e. The van der Waals surface area contributed by atoms with Crippen LogP contribution in [0.1, 0.15) is 91.9 Å². The predicted molar refractivity (Wildman–Crippen MR) is 113 cm³/mol. The molecule has 0 rings (SSSR count). The van der Waals surface area contributed by atoms with E-state index in [-0.39, 0.29) is 26.9 Å². The Morgan fingerprint density at radius 1 is 0.792 bits per heavy atom. The summed E-state index contributed by atoms with van der Waals surface area (Å²) in [6, 6.07) is 0. The third-order valence-corrected chi connectivity index (χ3v) is 8.21. The molecule has 0 bridgehead atoms. The van der Waals surface area contributed by atoms with Gasteiger partial charge in [-0.3, -0.25) is 4.79 Å². The molecule has 0 heterocycles. The second-order valence-corrected chi connectivity index (χ2v) is 12.1. The van der Waals surface area contributed by atoms with E-state index in [0.717, 1.165) is 11.8 Å². The number of aliphatic carboxylic acids is 1. The monoisotopic (exact) mass is 466 g/mol. The van der Waals surface area contributed by atoms with Crippen molar-refractivity contribution < 1.29 is 9.90 Å². The Bertz CT molecular complexity index is 240. The summed E-state index contributed by atoms with van der Waals surface area (Å²) in [5.41, 5.74) is 0. The van der Waals surface area contributed by atoms with Gasteiger partial charge >= 0.3 is 140 Å². The molecule has 0 aromatic rings. The van der Waals surface area contributed by atoms with E-state index >= 15 is 0 Å². The van der Waals surface area contributed by atoms with Crippen molar-refractivity contribution in [3.63, 3.8) is 0 Å². The molecule has 4 heteroatoms. The SMILES string of the molecule is CC(C)CCCCC[CH2][Sn][CH2]CCCCCC(C)C.O=C(O)CS. The van der Waals surface area contributed by atoms with Crippen LogP contribution in [0.15, 0.2) is 0 Å². The Kier molecular flexibility index (Phi) is 24.2. The van der Waals surface area contributed by atoms with Crippen molar-refractivity contribution in [2.24, 2.45) is 11.8 Å². The maximum absolute atomic E-state index is 9.29. The van der Waals surface area contributed by atoms with E-state index in [1.807, 2.05) is 0 Å². The third-order valence-electron chi connectivity index (χ3n) is 3.91. The van der Waals surface area contributed by atoms with Crippen molar-refractivity contribution in [3.05, 3.63) is 0 Å². The topological polar surface area (TPSA) is 37.3 Å². The molecule has 0 atom stereocenters. The normalized spacial score (nSPS) is 10.8. The maximum atomic E-state index is 9.29. The number of hydrogen-bond acceptors (Lipinski definition) is 2. The molecule has 0 aromatic carbocycles. The van der Waals surface area contributed by atoms with Crippen LogP contribution in [-0.4, -0.2) is 38.0 Å². The van der Waals surface area contributed by atoms with E-state index in [2.05, 4.69) is 40.3 Å². The van der Waals surface area contributed by atoms with Crippen LogP contribution >= 0.6 is 12.6 Å². The largest absolute Gasteiger partial charge is 0.481 e. The van der Waals surface area contributed by atoms with E-state index in [1.165, 1.54) is 51.4 Å². The van der Waals surface area contributed by atoms with Gasteiger partial charge in [0.2, 0.25) is 0 Å². The van der Waals surface area contributed by atoms with Crippen LogP contribution < -0.4 is 0 Å². The first kappa shape index (κ1) is 26.8. The molecule has 24 heavy (non-hydrogen) atoms. The van der Waals surface area contributed by atoms with Gasteiger partial charge in [0.15, 0.2) is 0 Å². The van der Waals surface area contributed by atoms with Gasteiger partial charge in [0.1, 0.15) is 0 Å². The van der Waals surface area contributed by atoms with Gasteiger partial charge in [0.05, 0.1) is 5.75 Å². The Morgan fingerprint density at radius 3 is 1.42 bits per heavy atom. The second-order valence-electron chi connectivity index (χ2n) is 7.50. The van der Waals surface area contributed by atoms with Gasteiger partial charge in [-0.2, -0.15) is 12.6 Å². The van der Waals surface area contributed by atoms with Gasteiger partial charge < -0.3 is 5.11 Å². The van der Waals surface area contributed by atoms with Crippen LogP contribution in [0.3, 0.4) is 0 Å². The van der Waals surface area contributed by atoms with Gasteiger partial charge in [-0.25, -0.2) is 0 Å². The number of rotatable bonds is 15. The molecule has 2 radical (unpaired) electrons. The summed E-state index contributed by atoms with van der Waals surface area (Å²) in [6.07, 6.45) is 14.9. The molecule has 0 saturated carbocycles. The molecule has 0 aliphatic heterocycles. The smallest absolute Gasteiger partial charge is 0.313 e. The van der Waals surface area contributed by atoms with Crippen molar-refractivity contribution in [3.8, 4) is 0 Å². The van der Waals surface area contributed by atoms with Gasteiger partial charge in [0.25, 0.3) is 0 Å². The molecule has 0 unspecified atom stereocenters. The average molecular weight is 465 g/mol. The molecule has 0 aliphatic rings. The summed E-state index contributed by atoms with van der Waals surface area (Å²) in [4.78, 5) is 9.29. The molecule has 0 spiro atoms. The van der Waals surface area contributed by atoms with E-state index < -0.39 is 5.97 Å². The summed E-state index contributed by atoms with van der Waals surface area (Å²) >= 11 is 3.47. The Labute approximate surface area is 167 Å². The second kappa shape index (κ2) is 21.7. The van der Waals surface area contributed by atoms with Crippen molar-refractivity contribution in [2.75, 3.05) is 5.75 Å². The van der Waals surface area contributed by atoms with Crippen molar-refractivity contribution in [1.82, 2.24) is 0 Å². The Balaban J connectivity index is 0. The fourth-order valence-corrected chi connectivity index (χ4v) is 6.00. The standard InChI is InChI=1S/2C9H19.C2H4O2S.Sn/c2*1-4-5-6-7-8-9(2)3;3-2(4)1-5;/h2*9H,1,4-8H2,2-3H3;5H,1H2,(H,3,4);. The zero-order valence-corrected chi connectivity index (χ0v) is 20.4. The fraction of sp³-hybridized carbons (Fsp3) is 0.950. The first-order chi connectivity index (χ1) is 11.4. The summed E-state index contributed by atoms with van der Waals surface area (Å²) in [5.74, 6) is 0.854. The molecule has 0 aromatic heterocycles. The molecule has 0 fully saturated rings. The molecule has 0 amide bonds. The van der Waals surface area contributed by atoms with E-state index in [4.69, 9.17) is 5.11 Å². The molecular weight excluding hydrogens is 423 g/mol. The summed E-state index contributed by atoms with van der Waals surface area (Å²) in [7, 11) is 0. The number of hydrogen-bond donors (Lipinski definition) is 2. The number of carboxylic acids is 1. The predicted octanol–water partition coefficient (Wildman–Crippen LogP) is 6.74. The first-order valence-electron chi connectivity index (χ1n) is 9.93. The molecule has 0 aliphatic carbocycles. The summed E-state index contributed by atoms with van der Waals surface area (Å²) < 4.78 is 3.30. The zero-order chi connectivity index (χ0) is 18.6. The number of carboxylic acid groups (broad SMARTS) is 1. The van der Waals surface area contributed by atoms with Gasteiger partial charge in [-0.1, -0.05) is 0 Å². The van der Waals surface area contributed by atoms with Gasteiger partial charge in [0, 0.05) is 0 Å². The number of carbonyl (C=O) groups is 1. The number of unbranched alkanes of at least 4 members (excludes halogenated alkanes) is 6. The first-order valence-corrected chi connectivity index (χ1v) is 14.6. The van der Waals surface area contributed by atoms with Crippen LogP contribution in [0.5, 0.6) is 0 Å². The van der Waals surface area contributed by atoms with Crippen LogP contribution in [0, 0.1) is 11.8 Å². The van der Waals surface area contributed by atoms with Crippen molar-refractivity contribution in [1.29, 1.82) is 0 Å². The molecular formula is C20H42O2SSn. The summed E-state index contributed by atoms with van der Waals surface area (Å²) in [6.45, 7) is 9.37. The van der Waals surface area contributed by atoms with Gasteiger partial charge in [-0.05, 0) is 0 Å². The summed E-state index contributed by atoms with van der Waals surface area (Å²) in [5, 5.41) is 7.65. The molecule has 0 saturated heterocycles. The fourth-order valence-electron chi connectivity index (χ4n) is 2.44. The van der Waals surface area contributed by atoms with Crippen LogP contribution in [0.4, 0.5) is 0 Å². The molecule has 144 valence electrons. The Hall–Kier alpha value is 0.619. The quantitative estimate of drug-likeness (QED) is 0.160. The van der Waals surface area contributed by atoms with Crippen LogP contribution in [0.2, 0.25) is 8.87 Å². The van der Waals surface area contributed by atoms with E-state index in [0.29, 0.717) is 0 Å². The average Bonchev–Trinajstić information content (AvgIpc) is 2.51. The van der Waals surface area contributed by atoms with Crippen LogP contribution in [-0.2, 0) is 4.79 Å². The molecule has 2 nitrogen and oxygen atoms in total. The van der Waals surface area contributed by atoms with Gasteiger partial charge in [-0.15, -0.1) is 0 Å². The minimum atomic E-state index is -0.881. The van der Waals surface area contributed by atoms with Crippen molar-refractivity contribution in [2.45, 2.75) is 101 Å². The minimum absolute atomic E-state index is 0.0496. The Morgan fingerprint density at radius 2 is 1.12 bits per heavy atom. The molecule has 1 N–H and O–H groups in total. The van der Waals surface area contributed by atoms with E-state index in [1.54, 1.807) is 21.7 Å². The van der Waals surface area contributed by atoms with Crippen molar-refractivity contribution >= 4 is 39.7 Å². The number of thiol groups is 1. The minimum Gasteiger partial charge on any atom is -0.481 e. The van der Waals surface area contributed by atoms with E-state index in [9.17, 15) is 4.79 Å². The zero-order valence-electron chi connectivity index (χ0n) is 16.6.